The fourth-order valence-corrected chi connectivity index (χ4v) is 10.7. The zero-order valence-corrected chi connectivity index (χ0v) is 29.4. The molecule has 1 N–H and O–H groups in total. The summed E-state index contributed by atoms with van der Waals surface area (Å²) in [7, 11) is -3.41. The van der Waals surface area contributed by atoms with Crippen LogP contribution in [0.1, 0.15) is 24.5 Å². The van der Waals surface area contributed by atoms with Gasteiger partial charge in [0, 0.05) is 34.4 Å². The van der Waals surface area contributed by atoms with Crippen molar-refractivity contribution >= 4 is 41.5 Å². The Morgan fingerprint density at radius 2 is 1.39 bits per heavy atom. The summed E-state index contributed by atoms with van der Waals surface area (Å²) in [6.45, 7) is 5.05. The van der Waals surface area contributed by atoms with E-state index in [0.717, 1.165) is 10.9 Å². The second kappa shape index (κ2) is 12.2. The number of halogens is 1. The van der Waals surface area contributed by atoms with Crippen LogP contribution in [0.25, 0.3) is 32.9 Å². The normalized spacial score (nSPS) is 21.6. The molecule has 10 nitrogen and oxygen atoms in total. The van der Waals surface area contributed by atoms with Gasteiger partial charge < -0.3 is 18.9 Å². The maximum absolute atomic E-state index is 16.1. The summed E-state index contributed by atoms with van der Waals surface area (Å²) in [5, 5.41) is 21.3. The number of aliphatic hydroxyl groups excluding tert-OH is 1. The first-order valence-electron chi connectivity index (χ1n) is 17.0. The number of nitrogens with zero attached hydrogens (tertiary/aromatic N) is 5. The molecule has 12 heteroatoms. The molecule has 2 aliphatic heterocycles. The smallest absolute Gasteiger partial charge is 0.279 e. The number of carbonyl (C=O) groups excluding carboxylic acids is 1. The number of aliphatic hydroxyl groups is 1. The third-order valence-electron chi connectivity index (χ3n) is 10.5. The summed E-state index contributed by atoms with van der Waals surface area (Å²) in [6.07, 6.45) is 2.79. The molecule has 4 atom stereocenters. The van der Waals surface area contributed by atoms with Crippen molar-refractivity contribution in [3.05, 3.63) is 135 Å². The van der Waals surface area contributed by atoms with Crippen LogP contribution in [0, 0.1) is 5.92 Å². The van der Waals surface area contributed by atoms with Gasteiger partial charge in [-0.25, -0.2) is 0 Å². The van der Waals surface area contributed by atoms with E-state index >= 15 is 4.11 Å². The van der Waals surface area contributed by atoms with E-state index in [9.17, 15) is 19.5 Å². The molecule has 1 fully saturated rings. The Morgan fingerprint density at radius 1 is 0.824 bits per heavy atom. The zero-order valence-electron chi connectivity index (χ0n) is 28.4. The molecule has 1 amide bonds. The van der Waals surface area contributed by atoms with Gasteiger partial charge in [0.1, 0.15) is 0 Å². The van der Waals surface area contributed by atoms with E-state index in [2.05, 4.69) is 10.2 Å². The number of anilines is 1. The van der Waals surface area contributed by atoms with Gasteiger partial charge >= 0.3 is 0 Å². The van der Waals surface area contributed by atoms with Crippen LogP contribution < -0.4 is 16.0 Å². The van der Waals surface area contributed by atoms with Crippen LogP contribution in [0.15, 0.2) is 113 Å². The molecule has 0 aliphatic carbocycles. The van der Waals surface area contributed by atoms with Gasteiger partial charge in [0.2, 0.25) is 8.41 Å². The van der Waals surface area contributed by atoms with Crippen molar-refractivity contribution in [2.45, 2.75) is 50.2 Å². The first-order chi connectivity index (χ1) is 24.5. The fraction of sp³-hybridized carbons (Fsp3) is 0.256. The minimum absolute atomic E-state index is 0.170. The van der Waals surface area contributed by atoms with Gasteiger partial charge in [-0.1, -0.05) is 55.5 Å². The predicted molar refractivity (Wildman–Crippen MR) is 196 cm³/mol. The lowest BCUT2D eigenvalue weighted by Gasteiger charge is -2.31. The van der Waals surface area contributed by atoms with Gasteiger partial charge in [-0.3, -0.25) is 14.4 Å². The van der Waals surface area contributed by atoms with Crippen LogP contribution in [-0.2, 0) is 21.7 Å². The lowest BCUT2D eigenvalue weighted by Crippen LogP contribution is -2.45. The molecule has 8 rings (SSSR count). The highest BCUT2D eigenvalue weighted by Gasteiger charge is 2.66. The molecule has 0 unspecified atom stereocenters. The van der Waals surface area contributed by atoms with E-state index < -0.39 is 31.6 Å². The van der Waals surface area contributed by atoms with Crippen molar-refractivity contribution < 1.29 is 18.7 Å². The maximum Gasteiger partial charge on any atom is 0.279 e. The number of rotatable bonds is 7. The number of hydrogen-bond donors (Lipinski definition) is 1. The molecule has 6 aromatic rings. The van der Waals surface area contributed by atoms with Crippen molar-refractivity contribution in [1.82, 2.24) is 19.6 Å². The minimum Gasteiger partial charge on any atom is -0.396 e. The Balaban J connectivity index is 1.22. The standard InChI is InChI=1S/C39H36FN5O5Si/c1-24-35(51(2,3)40)34(18-19-46)50-39(24)32-20-29(45-37(48)31-11-7-5-9-27(31)22-42-45)16-17-33(32)43(38(39)49)23-25-12-14-28(15-13-25)44-36(47)30-10-6-4-8-26(30)21-41-44/h4-17,20-22,24,34-35,46H,18-19,23H2,1-3H3/t24-,34+,35-,39+/m0/s1. The lowest BCUT2D eigenvalue weighted by molar-refractivity contribution is -0.146. The monoisotopic (exact) mass is 701 g/mol. The van der Waals surface area contributed by atoms with E-state index in [-0.39, 0.29) is 36.6 Å². The predicted octanol–water partition coefficient (Wildman–Crippen LogP) is 5.79. The summed E-state index contributed by atoms with van der Waals surface area (Å²) in [5.41, 5.74) is 0.274. The van der Waals surface area contributed by atoms with Crippen LogP contribution in [0.3, 0.4) is 0 Å². The summed E-state index contributed by atoms with van der Waals surface area (Å²) in [4.78, 5) is 43.3. The number of amides is 1. The molecule has 4 aromatic carbocycles. The fourth-order valence-electron chi connectivity index (χ4n) is 8.20. The average molecular weight is 702 g/mol. The highest BCUT2D eigenvalue weighted by molar-refractivity contribution is 6.72. The first kappa shape index (κ1) is 32.9. The molecule has 0 radical (unpaired) electrons. The van der Waals surface area contributed by atoms with Crippen LogP contribution in [0.4, 0.5) is 9.80 Å². The molecule has 1 saturated heterocycles. The van der Waals surface area contributed by atoms with E-state index in [1.165, 1.54) is 9.36 Å². The maximum atomic E-state index is 16.1. The number of benzene rings is 4. The average Bonchev–Trinajstić information content (AvgIpc) is 3.55. The van der Waals surface area contributed by atoms with E-state index in [0.29, 0.717) is 38.8 Å². The number of hydrogen-bond acceptors (Lipinski definition) is 7. The Hall–Kier alpha value is -5.30. The molecule has 4 heterocycles. The van der Waals surface area contributed by atoms with Crippen LogP contribution in [-0.4, -0.2) is 51.7 Å². The van der Waals surface area contributed by atoms with Crippen LogP contribution in [0.2, 0.25) is 18.6 Å². The molecule has 1 spiro atoms. The molecular weight excluding hydrogens is 666 g/mol. The quantitative estimate of drug-likeness (QED) is 0.165. The Labute approximate surface area is 293 Å². The van der Waals surface area contributed by atoms with E-state index in [4.69, 9.17) is 4.74 Å². The Kier molecular flexibility index (Phi) is 7.85. The number of ether oxygens (including phenoxy) is 1. The van der Waals surface area contributed by atoms with Gasteiger partial charge in [-0.05, 0) is 67.5 Å². The largest absolute Gasteiger partial charge is 0.396 e. The molecule has 258 valence electrons. The van der Waals surface area contributed by atoms with Crippen molar-refractivity contribution in [2.24, 2.45) is 5.92 Å². The van der Waals surface area contributed by atoms with Crippen molar-refractivity contribution in [2.75, 3.05) is 11.5 Å². The van der Waals surface area contributed by atoms with Crippen LogP contribution in [0.5, 0.6) is 0 Å². The summed E-state index contributed by atoms with van der Waals surface area (Å²) in [5.74, 6) is -0.900. The minimum atomic E-state index is -3.41. The van der Waals surface area contributed by atoms with Gasteiger partial charge in [0.25, 0.3) is 17.0 Å². The zero-order chi connectivity index (χ0) is 35.7. The number of fused-ring (bicyclic) bond motifs is 4. The van der Waals surface area contributed by atoms with E-state index in [1.807, 2.05) is 49.4 Å². The summed E-state index contributed by atoms with van der Waals surface area (Å²) >= 11 is 0. The van der Waals surface area contributed by atoms with Crippen molar-refractivity contribution in [3.8, 4) is 11.4 Å². The molecular formula is C39H36FN5O5Si. The second-order valence-electron chi connectivity index (χ2n) is 13.9. The summed E-state index contributed by atoms with van der Waals surface area (Å²) < 4.78 is 25.5. The molecule has 51 heavy (non-hydrogen) atoms. The molecule has 0 bridgehead atoms. The topological polar surface area (TPSA) is 120 Å². The second-order valence-corrected chi connectivity index (χ2v) is 17.7. The number of aromatic nitrogens is 4. The van der Waals surface area contributed by atoms with Gasteiger partial charge in [-0.15, -0.1) is 0 Å². The third-order valence-corrected chi connectivity index (χ3v) is 13.0. The van der Waals surface area contributed by atoms with Gasteiger partial charge in [0.15, 0.2) is 5.60 Å². The highest BCUT2D eigenvalue weighted by atomic mass is 28.4. The van der Waals surface area contributed by atoms with Crippen molar-refractivity contribution in [3.63, 3.8) is 0 Å². The van der Waals surface area contributed by atoms with Gasteiger partial charge in [0.05, 0.1) is 52.9 Å². The first-order valence-corrected chi connectivity index (χ1v) is 20.0. The van der Waals surface area contributed by atoms with Crippen molar-refractivity contribution in [1.29, 1.82) is 0 Å². The van der Waals surface area contributed by atoms with E-state index in [1.54, 1.807) is 78.9 Å². The lowest BCUT2D eigenvalue weighted by atomic mass is 9.82. The summed E-state index contributed by atoms with van der Waals surface area (Å²) in [6, 6.07) is 27.0. The SMILES string of the molecule is C[C@H]1[C@H]([Si](C)(C)F)[C@@H](CCO)O[C@]12C(=O)N(Cc1ccc(-n3ncc4ccccc4c3=O)cc1)c1ccc(-n3ncc4ccccc4c3=O)cc12. The molecule has 2 aromatic heterocycles. The Morgan fingerprint density at radius 3 is 1.98 bits per heavy atom. The molecule has 2 aliphatic rings. The number of carbonyl (C=O) groups is 1. The molecule has 0 saturated carbocycles. The third kappa shape index (κ3) is 5.16. The Bertz CT molecular complexity index is 2460. The van der Waals surface area contributed by atoms with Crippen LogP contribution >= 0.6 is 0 Å². The van der Waals surface area contributed by atoms with Gasteiger partial charge in [-0.2, -0.15) is 19.6 Å². The highest BCUT2D eigenvalue weighted by Crippen LogP contribution is 2.60.